The summed E-state index contributed by atoms with van der Waals surface area (Å²) in [6.07, 6.45) is 2.83. The van der Waals surface area contributed by atoms with Crippen molar-refractivity contribution in [1.29, 1.82) is 0 Å². The third kappa shape index (κ3) is 4.14. The normalized spacial score (nSPS) is 14.7. The molecule has 0 radical (unpaired) electrons. The molecule has 0 spiro atoms. The number of amides is 3. The summed E-state index contributed by atoms with van der Waals surface area (Å²) in [4.78, 5) is 23.4. The van der Waals surface area contributed by atoms with E-state index >= 15 is 0 Å². The first-order chi connectivity index (χ1) is 12.6. The lowest BCUT2D eigenvalue weighted by Gasteiger charge is -2.42. The number of hydrogen-bond donors (Lipinski definition) is 3. The Kier molecular flexibility index (Phi) is 5.41. The summed E-state index contributed by atoms with van der Waals surface area (Å²) in [6.45, 7) is 0.616. The fourth-order valence-corrected chi connectivity index (χ4v) is 3.19. The third-order valence-electron chi connectivity index (χ3n) is 4.86. The number of anilines is 2. The summed E-state index contributed by atoms with van der Waals surface area (Å²) < 4.78 is 4.54. The van der Waals surface area contributed by atoms with E-state index in [2.05, 4.69) is 32.8 Å². The minimum atomic E-state index is -0.532. The van der Waals surface area contributed by atoms with Gasteiger partial charge in [0.15, 0.2) is 0 Å². The number of carbonyl (C=O) groups is 2. The monoisotopic (exact) mass is 353 g/mol. The van der Waals surface area contributed by atoms with Crippen molar-refractivity contribution in [3.05, 3.63) is 60.2 Å². The lowest BCUT2D eigenvalue weighted by molar-refractivity contribution is 0.187. The molecule has 26 heavy (non-hydrogen) atoms. The molecule has 3 amide bonds. The molecule has 0 bridgehead atoms. The van der Waals surface area contributed by atoms with Gasteiger partial charge < -0.3 is 15.4 Å². The lowest BCUT2D eigenvalue weighted by Crippen LogP contribution is -2.46. The van der Waals surface area contributed by atoms with Crippen LogP contribution >= 0.6 is 0 Å². The van der Waals surface area contributed by atoms with Crippen molar-refractivity contribution >= 4 is 23.5 Å². The molecule has 0 heterocycles. The highest BCUT2D eigenvalue weighted by molar-refractivity contribution is 5.90. The average Bonchev–Trinajstić information content (AvgIpc) is 2.63. The molecule has 1 aliphatic carbocycles. The molecule has 3 N–H and O–H groups in total. The van der Waals surface area contributed by atoms with E-state index < -0.39 is 6.09 Å². The van der Waals surface area contributed by atoms with Gasteiger partial charge in [-0.1, -0.05) is 36.8 Å². The summed E-state index contributed by atoms with van der Waals surface area (Å²) in [5.41, 5.74) is 2.58. The Morgan fingerprint density at radius 3 is 2.12 bits per heavy atom. The van der Waals surface area contributed by atoms with Gasteiger partial charge in [0, 0.05) is 23.3 Å². The molecule has 0 aromatic heterocycles. The molecule has 2 aromatic carbocycles. The zero-order valence-corrected chi connectivity index (χ0v) is 14.7. The lowest BCUT2D eigenvalue weighted by atomic mass is 9.64. The smallest absolute Gasteiger partial charge is 0.411 e. The van der Waals surface area contributed by atoms with Gasteiger partial charge in [0.25, 0.3) is 0 Å². The Morgan fingerprint density at radius 2 is 1.58 bits per heavy atom. The number of nitrogens with one attached hydrogen (secondary N) is 3. The second-order valence-corrected chi connectivity index (χ2v) is 6.50. The Balaban J connectivity index is 1.53. The molecule has 6 nitrogen and oxygen atoms in total. The quantitative estimate of drug-likeness (QED) is 0.757. The van der Waals surface area contributed by atoms with Crippen molar-refractivity contribution in [3.63, 3.8) is 0 Å². The van der Waals surface area contributed by atoms with Crippen molar-refractivity contribution in [3.8, 4) is 0 Å². The highest BCUT2D eigenvalue weighted by atomic mass is 16.5. The summed E-state index contributed by atoms with van der Waals surface area (Å²) in [5, 5.41) is 8.36. The van der Waals surface area contributed by atoms with Crippen molar-refractivity contribution in [1.82, 2.24) is 5.32 Å². The molecule has 1 aliphatic rings. The van der Waals surface area contributed by atoms with E-state index in [9.17, 15) is 9.59 Å². The van der Waals surface area contributed by atoms with Gasteiger partial charge in [-0.25, -0.2) is 9.59 Å². The number of hydrogen-bond acceptors (Lipinski definition) is 3. The van der Waals surface area contributed by atoms with Crippen molar-refractivity contribution in [2.24, 2.45) is 0 Å². The van der Waals surface area contributed by atoms with Crippen molar-refractivity contribution in [2.45, 2.75) is 24.7 Å². The standard InChI is InChI=1S/C20H23N3O3/c1-26-19(25)23-17-10-8-16(9-11-17)22-18(24)21-14-20(12-5-13-20)15-6-3-2-4-7-15/h2-4,6-11H,5,12-14H2,1H3,(H,23,25)(H2,21,22,24). The maximum absolute atomic E-state index is 12.2. The fourth-order valence-electron chi connectivity index (χ4n) is 3.19. The van der Waals surface area contributed by atoms with Crippen LogP contribution < -0.4 is 16.0 Å². The molecular weight excluding hydrogens is 330 g/mol. The van der Waals surface area contributed by atoms with Crippen LogP contribution in [0.4, 0.5) is 21.0 Å². The van der Waals surface area contributed by atoms with E-state index in [1.807, 2.05) is 18.2 Å². The third-order valence-corrected chi connectivity index (χ3v) is 4.86. The number of methoxy groups -OCH3 is 1. The topological polar surface area (TPSA) is 79.5 Å². The van der Waals surface area contributed by atoms with Crippen LogP contribution in [-0.2, 0) is 10.2 Å². The van der Waals surface area contributed by atoms with Gasteiger partial charge in [-0.15, -0.1) is 0 Å². The first-order valence-corrected chi connectivity index (χ1v) is 8.67. The first kappa shape index (κ1) is 17.8. The van der Waals surface area contributed by atoms with E-state index in [0.29, 0.717) is 17.9 Å². The molecule has 6 heteroatoms. The highest BCUT2D eigenvalue weighted by Crippen LogP contribution is 2.43. The fraction of sp³-hybridized carbons (Fsp3) is 0.300. The van der Waals surface area contributed by atoms with Crippen LogP contribution in [0.25, 0.3) is 0 Å². The van der Waals surface area contributed by atoms with Crippen LogP contribution in [-0.4, -0.2) is 25.8 Å². The zero-order chi connectivity index (χ0) is 18.4. The minimum absolute atomic E-state index is 0.0485. The highest BCUT2D eigenvalue weighted by Gasteiger charge is 2.38. The predicted molar refractivity (Wildman–Crippen MR) is 101 cm³/mol. The summed E-state index contributed by atoms with van der Waals surface area (Å²) >= 11 is 0. The van der Waals surface area contributed by atoms with Gasteiger partial charge in [-0.3, -0.25) is 5.32 Å². The second kappa shape index (κ2) is 7.91. The molecule has 136 valence electrons. The van der Waals surface area contributed by atoms with Gasteiger partial charge in [0.2, 0.25) is 0 Å². The molecule has 1 saturated carbocycles. The van der Waals surface area contributed by atoms with E-state index in [-0.39, 0.29) is 11.4 Å². The maximum atomic E-state index is 12.2. The maximum Gasteiger partial charge on any atom is 0.411 e. The predicted octanol–water partition coefficient (Wildman–Crippen LogP) is 4.11. The number of carbonyl (C=O) groups excluding carboxylic acids is 2. The van der Waals surface area contributed by atoms with Gasteiger partial charge in [-0.2, -0.15) is 0 Å². The van der Waals surface area contributed by atoms with E-state index in [1.54, 1.807) is 24.3 Å². The number of ether oxygens (including phenoxy) is 1. The summed E-state index contributed by atoms with van der Waals surface area (Å²) in [5.74, 6) is 0. The largest absolute Gasteiger partial charge is 0.453 e. The minimum Gasteiger partial charge on any atom is -0.453 e. The molecule has 0 aliphatic heterocycles. The number of benzene rings is 2. The Bertz CT molecular complexity index is 756. The number of urea groups is 1. The van der Waals surface area contributed by atoms with Crippen LogP contribution in [0, 0.1) is 0 Å². The Labute approximate surface area is 152 Å². The van der Waals surface area contributed by atoms with Gasteiger partial charge in [0.05, 0.1) is 7.11 Å². The Morgan fingerprint density at radius 1 is 0.962 bits per heavy atom. The van der Waals surface area contributed by atoms with Crippen LogP contribution in [0.3, 0.4) is 0 Å². The van der Waals surface area contributed by atoms with Gasteiger partial charge in [-0.05, 0) is 42.7 Å². The SMILES string of the molecule is COC(=O)Nc1ccc(NC(=O)NCC2(c3ccccc3)CCC2)cc1. The van der Waals surface area contributed by atoms with Crippen LogP contribution in [0.1, 0.15) is 24.8 Å². The summed E-state index contributed by atoms with van der Waals surface area (Å²) in [6, 6.07) is 17.0. The van der Waals surface area contributed by atoms with Gasteiger partial charge in [0.1, 0.15) is 0 Å². The average molecular weight is 353 g/mol. The van der Waals surface area contributed by atoms with E-state index in [4.69, 9.17) is 0 Å². The Hall–Kier alpha value is -3.02. The molecule has 2 aromatic rings. The molecule has 0 unspecified atom stereocenters. The van der Waals surface area contributed by atoms with Gasteiger partial charge >= 0.3 is 12.1 Å². The van der Waals surface area contributed by atoms with E-state index in [0.717, 1.165) is 12.8 Å². The van der Waals surface area contributed by atoms with Crippen molar-refractivity contribution < 1.29 is 14.3 Å². The summed E-state index contributed by atoms with van der Waals surface area (Å²) in [7, 11) is 1.31. The first-order valence-electron chi connectivity index (χ1n) is 8.67. The van der Waals surface area contributed by atoms with Crippen LogP contribution in [0.2, 0.25) is 0 Å². The van der Waals surface area contributed by atoms with E-state index in [1.165, 1.54) is 19.1 Å². The zero-order valence-electron chi connectivity index (χ0n) is 14.7. The number of rotatable bonds is 5. The second-order valence-electron chi connectivity index (χ2n) is 6.50. The molecule has 0 atom stereocenters. The van der Waals surface area contributed by atoms with Crippen LogP contribution in [0.15, 0.2) is 54.6 Å². The molecular formula is C20H23N3O3. The molecule has 1 fully saturated rings. The van der Waals surface area contributed by atoms with Crippen molar-refractivity contribution in [2.75, 3.05) is 24.3 Å². The molecule has 3 rings (SSSR count). The van der Waals surface area contributed by atoms with Crippen LogP contribution in [0.5, 0.6) is 0 Å². The molecule has 0 saturated heterocycles.